The van der Waals surface area contributed by atoms with Gasteiger partial charge in [-0.05, 0) is 0 Å². The van der Waals surface area contributed by atoms with Gasteiger partial charge in [-0.1, -0.05) is 0 Å². The van der Waals surface area contributed by atoms with E-state index in [-0.39, 0.29) is 0 Å². The van der Waals surface area contributed by atoms with Gasteiger partial charge in [0.15, 0.2) is 0 Å². The van der Waals surface area contributed by atoms with Crippen LogP contribution in [-0.4, -0.2) is 30.3 Å². The molecule has 0 N–H and O–H groups in total. The van der Waals surface area contributed by atoms with Crippen molar-refractivity contribution in [3.63, 3.8) is 0 Å². The summed E-state index contributed by atoms with van der Waals surface area (Å²) in [4.78, 5) is 6.96. The first kappa shape index (κ1) is 11.2. The summed E-state index contributed by atoms with van der Waals surface area (Å²) in [5.74, 6) is 0. The quantitative estimate of drug-likeness (QED) is 0.754. The van der Waals surface area contributed by atoms with Crippen LogP contribution in [0.25, 0.3) is 0 Å². The van der Waals surface area contributed by atoms with Crippen LogP contribution in [0.15, 0.2) is 24.3 Å². The number of hydrogen-bond acceptors (Lipinski definition) is 1. The molecule has 0 atom stereocenters. The molecule has 2 rings (SSSR count). The Labute approximate surface area is 98.5 Å². The maximum absolute atomic E-state index is 2.33. The molecule has 0 aromatic heterocycles. The van der Waals surface area contributed by atoms with Crippen molar-refractivity contribution >= 4 is 21.9 Å². The second-order valence-electron chi connectivity index (χ2n) is 4.88. The topological polar surface area (TPSA) is 3.24 Å². The van der Waals surface area contributed by atoms with Crippen molar-refractivity contribution in [3.05, 3.63) is 29.8 Å². The monoisotopic (exact) mass is 259 g/mol. The number of nitrogens with zero attached hydrogens (tertiary/aromatic N) is 1. The Morgan fingerprint density at radius 2 is 1.80 bits per heavy atom. The van der Waals surface area contributed by atoms with E-state index in [0.29, 0.717) is 0 Å². The molecule has 0 radical (unpaired) electrons. The zero-order chi connectivity index (χ0) is 10.7. The molecule has 1 nitrogen and oxygen atoms in total. The summed E-state index contributed by atoms with van der Waals surface area (Å²) < 4.78 is 0. The third-order valence-corrected chi connectivity index (χ3v) is 10.7. The first-order valence-electron chi connectivity index (χ1n) is 6.02. The summed E-state index contributed by atoms with van der Waals surface area (Å²) in [7, 11) is 4.31. The van der Waals surface area contributed by atoms with E-state index in [9.17, 15) is 0 Å². The molecule has 15 heavy (non-hydrogen) atoms. The number of benzene rings is 1. The van der Waals surface area contributed by atoms with Gasteiger partial charge in [-0.3, -0.25) is 0 Å². The van der Waals surface area contributed by atoms with Gasteiger partial charge >= 0.3 is 98.5 Å². The molecule has 1 aliphatic rings. The third-order valence-electron chi connectivity index (χ3n) is 3.46. The molecule has 0 spiro atoms. The van der Waals surface area contributed by atoms with Gasteiger partial charge in [0, 0.05) is 0 Å². The second-order valence-corrected chi connectivity index (χ2v) is 11.8. The van der Waals surface area contributed by atoms with Crippen LogP contribution in [0.2, 0.25) is 9.95 Å². The predicted molar refractivity (Wildman–Crippen MR) is 69.1 cm³/mol. The van der Waals surface area contributed by atoms with Gasteiger partial charge in [0.25, 0.3) is 0 Å². The number of hydrogen-bond donors (Lipinski definition) is 0. The van der Waals surface area contributed by atoms with Crippen LogP contribution in [0.3, 0.4) is 0 Å². The first-order chi connectivity index (χ1) is 7.27. The Hall–Kier alpha value is -0.344. The van der Waals surface area contributed by atoms with Gasteiger partial charge in [-0.25, -0.2) is 0 Å². The van der Waals surface area contributed by atoms with Gasteiger partial charge < -0.3 is 0 Å². The average Bonchev–Trinajstić information content (AvgIpc) is 2.71. The number of anilines is 1. The van der Waals surface area contributed by atoms with E-state index >= 15 is 0 Å². The van der Waals surface area contributed by atoms with Gasteiger partial charge in [-0.15, -0.1) is 0 Å². The SMILES string of the molecule is CN(C)c1ccccc1[CH2][Ga]1[CH2]CC[CH2]1. The minimum absolute atomic E-state index is 0.873. The molecule has 1 aromatic carbocycles. The molecule has 1 aliphatic heterocycles. The Morgan fingerprint density at radius 1 is 1.13 bits per heavy atom. The van der Waals surface area contributed by atoms with E-state index in [1.807, 2.05) is 0 Å². The van der Waals surface area contributed by atoms with Crippen LogP contribution in [0.1, 0.15) is 18.4 Å². The summed E-state index contributed by atoms with van der Waals surface area (Å²) >= 11 is -0.873. The molecule has 0 saturated carbocycles. The molecule has 1 aromatic rings. The zero-order valence-corrected chi connectivity index (χ0v) is 12.3. The third kappa shape index (κ3) is 2.82. The molecule has 1 saturated heterocycles. The first-order valence-corrected chi connectivity index (χ1v) is 11.2. The van der Waals surface area contributed by atoms with Crippen LogP contribution in [0.5, 0.6) is 0 Å². The van der Waals surface area contributed by atoms with Gasteiger partial charge in [0.2, 0.25) is 0 Å². The Balaban J connectivity index is 2.12. The van der Waals surface area contributed by atoms with Crippen molar-refractivity contribution in [2.45, 2.75) is 27.8 Å². The molecule has 1 fully saturated rings. The van der Waals surface area contributed by atoms with E-state index in [4.69, 9.17) is 0 Å². The molecule has 0 bridgehead atoms. The molecule has 80 valence electrons. The summed E-state index contributed by atoms with van der Waals surface area (Å²) in [6, 6.07) is 8.94. The van der Waals surface area contributed by atoms with Gasteiger partial charge in [0.05, 0.1) is 0 Å². The standard InChI is InChI=1S/C9H12N.C4H8.Ga/c1-8-6-4-5-7-9(8)10(2)3;1-3-4-2;/h4-7H,1H2,2-3H3;1-4H2;. The molecule has 0 aliphatic carbocycles. The van der Waals surface area contributed by atoms with Crippen molar-refractivity contribution in [2.24, 2.45) is 0 Å². The average molecular weight is 260 g/mol. The molecule has 2 heteroatoms. The number of rotatable bonds is 3. The zero-order valence-electron chi connectivity index (χ0n) is 9.87. The molecule has 0 amide bonds. The van der Waals surface area contributed by atoms with Crippen molar-refractivity contribution in [1.82, 2.24) is 0 Å². The van der Waals surface area contributed by atoms with Crippen LogP contribution >= 0.6 is 0 Å². The normalized spacial score (nSPS) is 15.7. The van der Waals surface area contributed by atoms with E-state index in [0.717, 1.165) is 0 Å². The van der Waals surface area contributed by atoms with E-state index in [1.165, 1.54) is 23.5 Å². The molecule has 0 unspecified atom stereocenters. The Morgan fingerprint density at radius 3 is 2.47 bits per heavy atom. The fourth-order valence-corrected chi connectivity index (χ4v) is 9.77. The van der Waals surface area contributed by atoms with Crippen LogP contribution < -0.4 is 4.90 Å². The van der Waals surface area contributed by atoms with Crippen LogP contribution in [0.4, 0.5) is 5.69 Å². The molecule has 1 heterocycles. The Bertz CT molecular complexity index is 316. The van der Waals surface area contributed by atoms with Crippen molar-refractivity contribution in [3.8, 4) is 0 Å². The van der Waals surface area contributed by atoms with Crippen LogP contribution in [0, 0.1) is 0 Å². The maximum atomic E-state index is 2.33. The summed E-state index contributed by atoms with van der Waals surface area (Å²) in [6.45, 7) is 0. The van der Waals surface area contributed by atoms with Crippen LogP contribution in [-0.2, 0) is 4.98 Å². The summed E-state index contributed by atoms with van der Waals surface area (Å²) in [5.41, 5.74) is 3.05. The molecular formula is C13H20GaN. The van der Waals surface area contributed by atoms with Crippen molar-refractivity contribution < 1.29 is 0 Å². The summed E-state index contributed by atoms with van der Waals surface area (Å²) in [5, 5.41) is 0. The predicted octanol–water partition coefficient (Wildman–Crippen LogP) is 3.12. The minimum atomic E-state index is -0.873. The van der Waals surface area contributed by atoms with Crippen molar-refractivity contribution in [2.75, 3.05) is 19.0 Å². The van der Waals surface area contributed by atoms with Gasteiger partial charge in [-0.2, -0.15) is 0 Å². The van der Waals surface area contributed by atoms with E-state index in [2.05, 4.69) is 43.3 Å². The summed E-state index contributed by atoms with van der Waals surface area (Å²) in [6.07, 6.45) is 3.05. The fourth-order valence-electron chi connectivity index (χ4n) is 2.65. The second kappa shape index (κ2) is 5.13. The van der Waals surface area contributed by atoms with Crippen molar-refractivity contribution in [1.29, 1.82) is 0 Å². The fraction of sp³-hybridized carbons (Fsp3) is 0.538. The molecular weight excluding hydrogens is 240 g/mol. The van der Waals surface area contributed by atoms with E-state index in [1.54, 1.807) is 15.5 Å². The van der Waals surface area contributed by atoms with E-state index < -0.39 is 16.2 Å². The van der Waals surface area contributed by atoms with Gasteiger partial charge in [0.1, 0.15) is 0 Å². The number of para-hydroxylation sites is 1. The Kier molecular flexibility index (Phi) is 3.81.